The second-order valence-corrected chi connectivity index (χ2v) is 15.8. The van der Waals surface area contributed by atoms with Crippen LogP contribution in [0.2, 0.25) is 0 Å². The molecule has 0 bridgehead atoms. The van der Waals surface area contributed by atoms with Crippen LogP contribution >= 0.6 is 0 Å². The molecule has 3 fully saturated rings. The summed E-state index contributed by atoms with van der Waals surface area (Å²) in [4.78, 5) is 53.7. The zero-order valence-corrected chi connectivity index (χ0v) is 32.9. The Morgan fingerprint density at radius 1 is 0.810 bits per heavy atom. The van der Waals surface area contributed by atoms with Gasteiger partial charge in [0.2, 0.25) is 11.8 Å². The number of nitrogens with zero attached hydrogens (tertiary/aromatic N) is 6. The normalized spacial score (nSPS) is 21.2. The molecule has 13 heteroatoms. The van der Waals surface area contributed by atoms with Crippen LogP contribution in [0.3, 0.4) is 0 Å². The maximum Gasteiger partial charge on any atom is 0.262 e. The maximum atomic E-state index is 13.3. The largest absolute Gasteiger partial charge is 0.474 e. The molecule has 4 aliphatic rings. The molecule has 3 aromatic heterocycles. The third-order valence-electron chi connectivity index (χ3n) is 12.0. The fourth-order valence-electron chi connectivity index (χ4n) is 8.64. The van der Waals surface area contributed by atoms with Crippen LogP contribution in [-0.4, -0.2) is 113 Å². The Morgan fingerprint density at radius 2 is 1.62 bits per heavy atom. The number of hydrogen-bond donors (Lipinski definition) is 1. The van der Waals surface area contributed by atoms with Gasteiger partial charge in [-0.15, -0.1) is 0 Å². The van der Waals surface area contributed by atoms with Crippen molar-refractivity contribution in [3.63, 3.8) is 0 Å². The molecule has 3 amide bonds. The quantitative estimate of drug-likeness (QED) is 0.110. The van der Waals surface area contributed by atoms with Gasteiger partial charge < -0.3 is 29.0 Å². The summed E-state index contributed by atoms with van der Waals surface area (Å²) in [6.07, 6.45) is 10.5. The number of benzene rings is 2. The molecule has 1 unspecified atom stereocenters. The summed E-state index contributed by atoms with van der Waals surface area (Å²) >= 11 is 0. The van der Waals surface area contributed by atoms with Crippen molar-refractivity contribution in [1.82, 2.24) is 29.7 Å². The number of aromatic nitrogens is 3. The van der Waals surface area contributed by atoms with E-state index < -0.39 is 17.9 Å². The minimum atomic E-state index is -0.804. The number of amides is 3. The summed E-state index contributed by atoms with van der Waals surface area (Å²) in [5.41, 5.74) is 6.77. The van der Waals surface area contributed by atoms with Gasteiger partial charge in [-0.3, -0.25) is 29.2 Å². The smallest absolute Gasteiger partial charge is 0.262 e. The molecule has 3 aliphatic heterocycles. The molecule has 1 atom stereocenters. The summed E-state index contributed by atoms with van der Waals surface area (Å²) in [6, 6.07) is 17.2. The van der Waals surface area contributed by atoms with E-state index in [2.05, 4.69) is 67.5 Å². The van der Waals surface area contributed by atoms with Gasteiger partial charge in [0.05, 0.1) is 22.7 Å². The lowest BCUT2D eigenvalue weighted by Crippen LogP contribution is -2.51. The van der Waals surface area contributed by atoms with Crippen molar-refractivity contribution in [1.29, 1.82) is 0 Å². The number of anilines is 1. The highest BCUT2D eigenvalue weighted by Crippen LogP contribution is 2.34. The molecule has 6 heterocycles. The fraction of sp³-hybridized carbons (Fsp3) is 0.400. The number of allylic oxidation sites excluding steroid dienone is 1. The Balaban J connectivity index is 0.629. The zero-order chi connectivity index (χ0) is 39.8. The first-order chi connectivity index (χ1) is 28.3. The van der Waals surface area contributed by atoms with Gasteiger partial charge in [0.15, 0.2) is 0 Å². The first-order valence-corrected chi connectivity index (χ1v) is 20.4. The number of fused-ring (bicyclic) bond motifs is 4. The topological polar surface area (TPSA) is 131 Å². The van der Waals surface area contributed by atoms with Crippen LogP contribution in [0, 0.1) is 0 Å². The SMILES string of the molecule is C=C1CCC(N2C(=O)c3ccc(N4CCN(CCCOCCCOC5CC(Oc6ccc(-c7ccc8c9cnccc9n(C)c8c7)cn6)C5)CC4)cc3C2=O)C(=O)N1. The van der Waals surface area contributed by atoms with Crippen LogP contribution in [0.15, 0.2) is 85.5 Å². The minimum absolute atomic E-state index is 0.121. The Kier molecular flexibility index (Phi) is 10.7. The van der Waals surface area contributed by atoms with E-state index >= 15 is 0 Å². The molecule has 58 heavy (non-hydrogen) atoms. The van der Waals surface area contributed by atoms with Crippen molar-refractivity contribution in [3.05, 3.63) is 96.6 Å². The number of carbonyl (C=O) groups excluding carboxylic acids is 3. The maximum absolute atomic E-state index is 13.3. The third kappa shape index (κ3) is 7.57. The zero-order valence-electron chi connectivity index (χ0n) is 32.9. The second kappa shape index (κ2) is 16.3. The number of nitrogens with one attached hydrogen (secondary N) is 1. The van der Waals surface area contributed by atoms with Gasteiger partial charge in [0, 0.05) is 130 Å². The van der Waals surface area contributed by atoms with Crippen molar-refractivity contribution in [2.24, 2.45) is 7.05 Å². The summed E-state index contributed by atoms with van der Waals surface area (Å²) in [6.45, 7) is 10.3. The van der Waals surface area contributed by atoms with Crippen LogP contribution in [0.1, 0.15) is 59.2 Å². The Labute approximate surface area is 337 Å². The van der Waals surface area contributed by atoms with Gasteiger partial charge in [0.1, 0.15) is 12.1 Å². The molecular formula is C45H49N7O6. The second-order valence-electron chi connectivity index (χ2n) is 15.8. The highest BCUT2D eigenvalue weighted by molar-refractivity contribution is 6.23. The van der Waals surface area contributed by atoms with E-state index in [0.717, 1.165) is 85.5 Å². The number of aryl methyl sites for hydroxylation is 1. The number of hydrogen-bond acceptors (Lipinski definition) is 10. The van der Waals surface area contributed by atoms with Gasteiger partial charge in [-0.2, -0.15) is 0 Å². The molecule has 5 aromatic rings. The highest BCUT2D eigenvalue weighted by atomic mass is 16.5. The number of piperazine rings is 1. The van der Waals surface area contributed by atoms with E-state index in [1.807, 2.05) is 42.9 Å². The molecule has 2 aromatic carbocycles. The predicted molar refractivity (Wildman–Crippen MR) is 221 cm³/mol. The summed E-state index contributed by atoms with van der Waals surface area (Å²) < 4.78 is 20.3. The van der Waals surface area contributed by atoms with E-state index in [1.54, 1.807) is 6.07 Å². The van der Waals surface area contributed by atoms with Gasteiger partial charge >= 0.3 is 0 Å². The molecule has 1 aliphatic carbocycles. The average molecular weight is 784 g/mol. The lowest BCUT2D eigenvalue weighted by Gasteiger charge is -2.36. The average Bonchev–Trinajstić information content (AvgIpc) is 3.65. The molecule has 13 nitrogen and oxygen atoms in total. The van der Waals surface area contributed by atoms with Crippen molar-refractivity contribution in [2.75, 3.05) is 57.4 Å². The Bertz CT molecular complexity index is 2360. The van der Waals surface area contributed by atoms with E-state index in [9.17, 15) is 14.4 Å². The molecule has 0 radical (unpaired) electrons. The predicted octanol–water partition coefficient (Wildman–Crippen LogP) is 5.72. The lowest BCUT2D eigenvalue weighted by atomic mass is 9.92. The van der Waals surface area contributed by atoms with Crippen LogP contribution in [0.25, 0.3) is 32.9 Å². The first-order valence-electron chi connectivity index (χ1n) is 20.4. The molecular weight excluding hydrogens is 735 g/mol. The number of imide groups is 1. The van der Waals surface area contributed by atoms with Crippen LogP contribution < -0.4 is 15.0 Å². The van der Waals surface area contributed by atoms with Gasteiger partial charge in [-0.05, 0) is 67.6 Å². The third-order valence-corrected chi connectivity index (χ3v) is 12.0. The molecule has 9 rings (SSSR count). The molecule has 1 N–H and O–H groups in total. The van der Waals surface area contributed by atoms with Crippen molar-refractivity contribution >= 4 is 45.2 Å². The van der Waals surface area contributed by atoms with Crippen LogP contribution in [-0.2, 0) is 21.3 Å². The fourth-order valence-corrected chi connectivity index (χ4v) is 8.64. The number of piperidine rings is 1. The number of carbonyl (C=O) groups is 3. The molecule has 2 saturated heterocycles. The van der Waals surface area contributed by atoms with Crippen molar-refractivity contribution in [3.8, 4) is 17.0 Å². The minimum Gasteiger partial charge on any atom is -0.474 e. The Morgan fingerprint density at radius 3 is 2.43 bits per heavy atom. The Hall–Kier alpha value is -5.63. The molecule has 0 spiro atoms. The van der Waals surface area contributed by atoms with Gasteiger partial charge in [-0.25, -0.2) is 4.98 Å². The van der Waals surface area contributed by atoms with Gasteiger partial charge in [-0.1, -0.05) is 18.7 Å². The number of ether oxygens (including phenoxy) is 3. The highest BCUT2D eigenvalue weighted by Gasteiger charge is 2.44. The van der Waals surface area contributed by atoms with Crippen LogP contribution in [0.4, 0.5) is 5.69 Å². The van der Waals surface area contributed by atoms with Crippen molar-refractivity contribution < 1.29 is 28.6 Å². The first kappa shape index (κ1) is 37.9. The van der Waals surface area contributed by atoms with Gasteiger partial charge in [0.25, 0.3) is 11.8 Å². The van der Waals surface area contributed by atoms with E-state index in [4.69, 9.17) is 14.2 Å². The summed E-state index contributed by atoms with van der Waals surface area (Å²) in [5, 5.41) is 5.04. The number of pyridine rings is 2. The molecule has 1 saturated carbocycles. The number of rotatable bonds is 14. The van der Waals surface area contributed by atoms with E-state index in [1.165, 1.54) is 16.4 Å². The standard InChI is InChI=1S/C45H49N7O6/c1-29-5-11-40(43(53)48-29)52-44(54)36-10-8-32(24-37(36)45(52)55)51-18-16-50(17-19-51)15-3-20-56-21-4-22-57-33-25-34(26-33)58-42-12-7-31(27-47-42)30-6-9-35-38-28-46-14-13-39(38)49(2)41(35)23-30/h6-10,12-14,23-24,27-28,33-34,40H,1,3-5,11,15-22,25-26H2,2H3,(H,48,53). The lowest BCUT2D eigenvalue weighted by molar-refractivity contribution is -0.125. The summed E-state index contributed by atoms with van der Waals surface area (Å²) in [5.74, 6) is -0.516. The molecule has 300 valence electrons. The summed E-state index contributed by atoms with van der Waals surface area (Å²) in [7, 11) is 2.09. The van der Waals surface area contributed by atoms with E-state index in [-0.39, 0.29) is 18.1 Å². The van der Waals surface area contributed by atoms with Crippen LogP contribution in [0.5, 0.6) is 5.88 Å². The van der Waals surface area contributed by atoms with Crippen molar-refractivity contribution in [2.45, 2.75) is 56.8 Å². The monoisotopic (exact) mass is 783 g/mol. The van der Waals surface area contributed by atoms with E-state index in [0.29, 0.717) is 55.4 Å².